The maximum atomic E-state index is 2.55. The summed E-state index contributed by atoms with van der Waals surface area (Å²) in [5.41, 5.74) is 24.5. The Kier molecular flexibility index (Phi) is 10.8. The zero-order valence-corrected chi connectivity index (χ0v) is 43.5. The Morgan fingerprint density at radius 2 is 0.681 bits per heavy atom. The van der Waals surface area contributed by atoms with Crippen molar-refractivity contribution in [2.45, 2.75) is 108 Å². The van der Waals surface area contributed by atoms with E-state index in [1.54, 1.807) is 0 Å². The van der Waals surface area contributed by atoms with E-state index in [0.29, 0.717) is 0 Å². The molecular weight excluding hydrogens is 867 g/mol. The Hall–Kier alpha value is -7.22. The summed E-state index contributed by atoms with van der Waals surface area (Å²) in [6, 6.07) is 80.7. The minimum Gasteiger partial charge on any atom is -0.310 e. The van der Waals surface area contributed by atoms with E-state index in [1.165, 1.54) is 115 Å². The molecule has 356 valence electrons. The molecule has 3 aliphatic rings. The normalized spacial score (nSPS) is 17.2. The zero-order chi connectivity index (χ0) is 49.6. The quantitative estimate of drug-likeness (QED) is 0.147. The largest absolute Gasteiger partial charge is 0.310 e. The number of fused-ring (bicyclic) bond motifs is 5. The average molecular weight is 934 g/mol. The van der Waals surface area contributed by atoms with Crippen molar-refractivity contribution < 1.29 is 0 Å². The van der Waals surface area contributed by atoms with Crippen molar-refractivity contribution in [1.82, 2.24) is 0 Å². The molecule has 1 heteroatoms. The van der Waals surface area contributed by atoms with Crippen LogP contribution in [0.4, 0.5) is 17.1 Å². The lowest BCUT2D eigenvalue weighted by molar-refractivity contribution is 0.333. The summed E-state index contributed by atoms with van der Waals surface area (Å²) < 4.78 is 0. The SMILES string of the molecule is CC1(C)CCC(C)(C)c2c(-c3ccc(-c4cc5c(cc4N(c4ccccc4)c4ccc(-c6cccc7c6C(C)(C)CCC7(C)C)cc4)C(c4ccccc4)(c4ccccc4)c4ccccc4-5)cc3)cccc21. The molecule has 0 fully saturated rings. The molecule has 0 heterocycles. The van der Waals surface area contributed by atoms with Crippen molar-refractivity contribution in [2.24, 2.45) is 0 Å². The smallest absolute Gasteiger partial charge is 0.0714 e. The van der Waals surface area contributed by atoms with Crippen molar-refractivity contribution in [2.75, 3.05) is 4.90 Å². The second-order valence-electron chi connectivity index (χ2n) is 23.7. The molecule has 3 aliphatic carbocycles. The van der Waals surface area contributed by atoms with Crippen LogP contribution in [-0.4, -0.2) is 0 Å². The van der Waals surface area contributed by atoms with Crippen LogP contribution in [0.3, 0.4) is 0 Å². The van der Waals surface area contributed by atoms with Crippen LogP contribution in [-0.2, 0) is 27.1 Å². The molecule has 72 heavy (non-hydrogen) atoms. The Morgan fingerprint density at radius 3 is 1.19 bits per heavy atom. The first-order valence-electron chi connectivity index (χ1n) is 26.4. The van der Waals surface area contributed by atoms with Gasteiger partial charge < -0.3 is 4.90 Å². The third kappa shape index (κ3) is 7.25. The van der Waals surface area contributed by atoms with Crippen LogP contribution in [0.2, 0.25) is 0 Å². The summed E-state index contributed by atoms with van der Waals surface area (Å²) in [5, 5.41) is 0. The molecule has 0 atom stereocenters. The first-order chi connectivity index (χ1) is 34.7. The van der Waals surface area contributed by atoms with E-state index in [9.17, 15) is 0 Å². The van der Waals surface area contributed by atoms with Gasteiger partial charge in [-0.1, -0.05) is 231 Å². The van der Waals surface area contributed by atoms with Gasteiger partial charge in [0.05, 0.1) is 11.1 Å². The lowest BCUT2D eigenvalue weighted by Gasteiger charge is -2.43. The van der Waals surface area contributed by atoms with Crippen LogP contribution in [0.1, 0.15) is 126 Å². The molecular formula is C71H67N. The summed E-state index contributed by atoms with van der Waals surface area (Å²) >= 11 is 0. The van der Waals surface area contributed by atoms with Crippen molar-refractivity contribution in [3.05, 3.63) is 257 Å². The fourth-order valence-electron chi connectivity index (χ4n) is 13.5. The van der Waals surface area contributed by atoms with Gasteiger partial charge in [0.25, 0.3) is 0 Å². The minimum atomic E-state index is -0.558. The van der Waals surface area contributed by atoms with Gasteiger partial charge >= 0.3 is 0 Å². The number of hydrogen-bond donors (Lipinski definition) is 0. The molecule has 12 rings (SSSR count). The number of hydrogen-bond acceptors (Lipinski definition) is 1. The van der Waals surface area contributed by atoms with E-state index in [2.05, 4.69) is 273 Å². The molecule has 9 aromatic carbocycles. The first kappa shape index (κ1) is 45.9. The highest BCUT2D eigenvalue weighted by atomic mass is 15.1. The molecule has 0 unspecified atom stereocenters. The molecule has 0 aromatic heterocycles. The van der Waals surface area contributed by atoms with Gasteiger partial charge in [-0.15, -0.1) is 0 Å². The second kappa shape index (κ2) is 17.0. The zero-order valence-electron chi connectivity index (χ0n) is 43.5. The Labute approximate surface area is 429 Å². The number of nitrogens with zero attached hydrogens (tertiary/aromatic N) is 1. The highest BCUT2D eigenvalue weighted by Crippen LogP contribution is 2.59. The highest BCUT2D eigenvalue weighted by Gasteiger charge is 2.47. The number of anilines is 3. The fraction of sp³-hybridized carbons (Fsp3) is 0.239. The summed E-state index contributed by atoms with van der Waals surface area (Å²) in [6.45, 7) is 19.5. The van der Waals surface area contributed by atoms with Gasteiger partial charge in [-0.05, 0) is 167 Å². The highest BCUT2D eigenvalue weighted by molar-refractivity contribution is 5.97. The molecule has 0 amide bonds. The number of benzene rings is 9. The van der Waals surface area contributed by atoms with Gasteiger partial charge in [-0.2, -0.15) is 0 Å². The monoisotopic (exact) mass is 934 g/mol. The Balaban J connectivity index is 1.10. The van der Waals surface area contributed by atoms with Crippen LogP contribution in [0.25, 0.3) is 44.5 Å². The van der Waals surface area contributed by atoms with E-state index >= 15 is 0 Å². The van der Waals surface area contributed by atoms with E-state index in [0.717, 1.165) is 17.1 Å². The van der Waals surface area contributed by atoms with Gasteiger partial charge in [0.15, 0.2) is 0 Å². The van der Waals surface area contributed by atoms with Crippen molar-refractivity contribution in [3.63, 3.8) is 0 Å². The standard InChI is InChI=1S/C71H67N/c1-67(2)42-44-69(5,6)65-55(29-20-32-61(65)67)48-34-36-50(37-35-48)58-46-59-57-28-18-19-31-60(57)71(51-22-12-9-13-23-51,52-24-14-10-15-25-52)63(59)47-64(58)72(53-26-16-11-17-27-53)54-40-38-49(39-41-54)56-30-21-33-62-66(56)70(7,8)45-43-68(62,3)4/h9-41,46-47H,42-45H2,1-8H3. The summed E-state index contributed by atoms with van der Waals surface area (Å²) in [7, 11) is 0. The number of rotatable bonds is 8. The Morgan fingerprint density at radius 1 is 0.292 bits per heavy atom. The van der Waals surface area contributed by atoms with Crippen LogP contribution >= 0.6 is 0 Å². The minimum absolute atomic E-state index is 0.0826. The topological polar surface area (TPSA) is 3.24 Å². The third-order valence-corrected chi connectivity index (χ3v) is 17.5. The molecule has 0 spiro atoms. The van der Waals surface area contributed by atoms with E-state index in [1.807, 2.05) is 0 Å². The summed E-state index contributed by atoms with van der Waals surface area (Å²) in [6.07, 6.45) is 4.74. The molecule has 0 N–H and O–H groups in total. The Bertz CT molecular complexity index is 3440. The lowest BCUT2D eigenvalue weighted by Crippen LogP contribution is -2.34. The van der Waals surface area contributed by atoms with Gasteiger partial charge in [-0.3, -0.25) is 0 Å². The van der Waals surface area contributed by atoms with Crippen LogP contribution in [0, 0.1) is 0 Å². The van der Waals surface area contributed by atoms with Crippen LogP contribution in [0.5, 0.6) is 0 Å². The molecule has 0 bridgehead atoms. The summed E-state index contributed by atoms with van der Waals surface area (Å²) in [4.78, 5) is 2.52. The molecule has 0 radical (unpaired) electrons. The van der Waals surface area contributed by atoms with Crippen molar-refractivity contribution in [3.8, 4) is 44.5 Å². The van der Waals surface area contributed by atoms with Gasteiger partial charge in [0.1, 0.15) is 0 Å². The second-order valence-corrected chi connectivity index (χ2v) is 23.7. The van der Waals surface area contributed by atoms with Crippen LogP contribution in [0.15, 0.2) is 212 Å². The molecule has 0 saturated heterocycles. The fourth-order valence-corrected chi connectivity index (χ4v) is 13.5. The average Bonchev–Trinajstić information content (AvgIpc) is 3.69. The van der Waals surface area contributed by atoms with Crippen molar-refractivity contribution in [1.29, 1.82) is 0 Å². The predicted molar refractivity (Wildman–Crippen MR) is 305 cm³/mol. The van der Waals surface area contributed by atoms with Gasteiger partial charge in [0.2, 0.25) is 0 Å². The van der Waals surface area contributed by atoms with Crippen LogP contribution < -0.4 is 4.90 Å². The molecule has 9 aromatic rings. The predicted octanol–water partition coefficient (Wildman–Crippen LogP) is 19.2. The first-order valence-corrected chi connectivity index (χ1v) is 26.4. The van der Waals surface area contributed by atoms with E-state index in [-0.39, 0.29) is 21.7 Å². The van der Waals surface area contributed by atoms with Gasteiger partial charge in [-0.25, -0.2) is 0 Å². The summed E-state index contributed by atoms with van der Waals surface area (Å²) in [5.74, 6) is 0. The van der Waals surface area contributed by atoms with E-state index in [4.69, 9.17) is 0 Å². The molecule has 1 nitrogen and oxygen atoms in total. The maximum Gasteiger partial charge on any atom is 0.0714 e. The van der Waals surface area contributed by atoms with E-state index < -0.39 is 5.41 Å². The molecule has 0 saturated carbocycles. The molecule has 0 aliphatic heterocycles. The lowest BCUT2D eigenvalue weighted by atomic mass is 9.61. The van der Waals surface area contributed by atoms with Gasteiger partial charge in [0, 0.05) is 16.9 Å². The number of para-hydroxylation sites is 1. The van der Waals surface area contributed by atoms with Crippen molar-refractivity contribution >= 4 is 17.1 Å². The third-order valence-electron chi connectivity index (χ3n) is 17.5. The maximum absolute atomic E-state index is 2.55.